The molecule has 26 heavy (non-hydrogen) atoms. The van der Waals surface area contributed by atoms with Crippen molar-refractivity contribution in [3.05, 3.63) is 47.5 Å². The van der Waals surface area contributed by atoms with Crippen LogP contribution in [0.25, 0.3) is 0 Å². The van der Waals surface area contributed by atoms with Gasteiger partial charge in [0.2, 0.25) is 5.75 Å². The van der Waals surface area contributed by atoms with Crippen LogP contribution in [0.4, 0.5) is 0 Å². The van der Waals surface area contributed by atoms with Crippen LogP contribution in [0.2, 0.25) is 0 Å². The number of rotatable bonds is 7. The van der Waals surface area contributed by atoms with E-state index < -0.39 is 5.91 Å². The van der Waals surface area contributed by atoms with E-state index in [9.17, 15) is 4.79 Å². The lowest BCUT2D eigenvalue weighted by Gasteiger charge is -2.13. The lowest BCUT2D eigenvalue weighted by molar-refractivity contribution is 0.0954. The second-order valence-electron chi connectivity index (χ2n) is 5.28. The van der Waals surface area contributed by atoms with Gasteiger partial charge in [0, 0.05) is 11.1 Å². The molecule has 0 aromatic heterocycles. The minimum atomic E-state index is -0.397. The van der Waals surface area contributed by atoms with Crippen LogP contribution in [0.5, 0.6) is 23.0 Å². The van der Waals surface area contributed by atoms with E-state index in [1.165, 1.54) is 21.3 Å². The van der Waals surface area contributed by atoms with E-state index in [4.69, 9.17) is 18.9 Å². The largest absolute Gasteiger partial charge is 0.497 e. The van der Waals surface area contributed by atoms with Crippen molar-refractivity contribution in [1.29, 1.82) is 0 Å². The maximum atomic E-state index is 12.4. The van der Waals surface area contributed by atoms with Gasteiger partial charge in [-0.1, -0.05) is 12.1 Å². The number of ether oxygens (including phenoxy) is 4. The molecule has 0 heterocycles. The lowest BCUT2D eigenvalue weighted by atomic mass is 10.1. The fourth-order valence-electron chi connectivity index (χ4n) is 2.32. The first-order chi connectivity index (χ1) is 12.5. The lowest BCUT2D eigenvalue weighted by Crippen LogP contribution is -2.19. The molecular formula is C19H22N2O5. The summed E-state index contributed by atoms with van der Waals surface area (Å²) in [7, 11) is 6.08. The predicted molar refractivity (Wildman–Crippen MR) is 98.8 cm³/mol. The molecule has 0 atom stereocenters. The van der Waals surface area contributed by atoms with Crippen molar-refractivity contribution in [3.63, 3.8) is 0 Å². The van der Waals surface area contributed by atoms with E-state index >= 15 is 0 Å². The minimum Gasteiger partial charge on any atom is -0.497 e. The highest BCUT2D eigenvalue weighted by Gasteiger charge is 2.16. The third-order valence-electron chi connectivity index (χ3n) is 3.74. The third kappa shape index (κ3) is 4.24. The first kappa shape index (κ1) is 19.1. The molecule has 0 saturated carbocycles. The number of nitrogens with zero attached hydrogens (tertiary/aromatic N) is 1. The summed E-state index contributed by atoms with van der Waals surface area (Å²) in [6.45, 7) is 1.80. The average molecular weight is 358 g/mol. The van der Waals surface area contributed by atoms with E-state index in [-0.39, 0.29) is 0 Å². The third-order valence-corrected chi connectivity index (χ3v) is 3.74. The van der Waals surface area contributed by atoms with Crippen molar-refractivity contribution in [1.82, 2.24) is 5.43 Å². The molecule has 7 nitrogen and oxygen atoms in total. The molecule has 0 aliphatic rings. The zero-order valence-corrected chi connectivity index (χ0v) is 15.5. The van der Waals surface area contributed by atoms with Crippen molar-refractivity contribution in [3.8, 4) is 23.0 Å². The Balaban J connectivity index is 2.24. The molecule has 1 amide bonds. The highest BCUT2D eigenvalue weighted by Crippen LogP contribution is 2.38. The predicted octanol–water partition coefficient (Wildman–Crippen LogP) is 2.88. The molecule has 1 N–H and O–H groups in total. The highest BCUT2D eigenvalue weighted by molar-refractivity contribution is 6.01. The summed E-state index contributed by atoms with van der Waals surface area (Å²) >= 11 is 0. The normalized spacial score (nSPS) is 10.9. The van der Waals surface area contributed by atoms with Crippen LogP contribution in [0, 0.1) is 0 Å². The molecule has 0 unspecified atom stereocenters. The topological polar surface area (TPSA) is 78.4 Å². The summed E-state index contributed by atoms with van der Waals surface area (Å²) in [6, 6.07) is 10.5. The molecule has 0 aliphatic carbocycles. The van der Waals surface area contributed by atoms with Gasteiger partial charge in [-0.2, -0.15) is 5.10 Å². The number of nitrogens with one attached hydrogen (secondary N) is 1. The zero-order valence-electron chi connectivity index (χ0n) is 15.5. The van der Waals surface area contributed by atoms with Gasteiger partial charge in [-0.3, -0.25) is 4.79 Å². The van der Waals surface area contributed by atoms with Gasteiger partial charge >= 0.3 is 0 Å². The van der Waals surface area contributed by atoms with Crippen LogP contribution in [0.15, 0.2) is 41.5 Å². The molecule has 138 valence electrons. The molecule has 0 spiro atoms. The smallest absolute Gasteiger partial charge is 0.271 e. The van der Waals surface area contributed by atoms with E-state index in [1.807, 2.05) is 24.3 Å². The maximum absolute atomic E-state index is 12.4. The van der Waals surface area contributed by atoms with Crippen molar-refractivity contribution >= 4 is 11.6 Å². The number of hydrazone groups is 1. The monoisotopic (exact) mass is 358 g/mol. The first-order valence-corrected chi connectivity index (χ1v) is 7.83. The first-order valence-electron chi connectivity index (χ1n) is 7.83. The van der Waals surface area contributed by atoms with Crippen LogP contribution in [0.1, 0.15) is 22.8 Å². The molecule has 0 saturated heterocycles. The SMILES string of the molecule is COc1cccc(/C(C)=N\NC(=O)c2cc(OC)c(OC)c(OC)c2)c1. The number of carbonyl (C=O) groups is 1. The van der Waals surface area contributed by atoms with E-state index in [0.717, 1.165) is 5.56 Å². The molecular weight excluding hydrogens is 336 g/mol. The Bertz CT molecular complexity index is 792. The van der Waals surface area contributed by atoms with Crippen LogP contribution in [-0.4, -0.2) is 40.1 Å². The average Bonchev–Trinajstić information content (AvgIpc) is 2.70. The minimum absolute atomic E-state index is 0.335. The van der Waals surface area contributed by atoms with E-state index in [0.29, 0.717) is 34.3 Å². The maximum Gasteiger partial charge on any atom is 0.271 e. The van der Waals surface area contributed by atoms with Crippen LogP contribution in [0.3, 0.4) is 0 Å². The van der Waals surface area contributed by atoms with Gasteiger partial charge in [-0.15, -0.1) is 0 Å². The second kappa shape index (κ2) is 8.75. The number of carbonyl (C=O) groups excluding carboxylic acids is 1. The Kier molecular flexibility index (Phi) is 6.43. The number of benzene rings is 2. The van der Waals surface area contributed by atoms with E-state index in [1.54, 1.807) is 26.2 Å². The Morgan fingerprint density at radius 2 is 1.54 bits per heavy atom. The molecule has 0 bridgehead atoms. The Morgan fingerprint density at radius 3 is 2.08 bits per heavy atom. The molecule has 0 radical (unpaired) electrons. The molecule has 0 aliphatic heterocycles. The standard InChI is InChI=1S/C19H22N2O5/c1-12(13-7-6-8-15(9-13)23-2)20-21-19(22)14-10-16(24-3)18(26-5)17(11-14)25-4/h6-11H,1-5H3,(H,21,22)/b20-12-. The molecule has 0 fully saturated rings. The van der Waals surface area contributed by atoms with Crippen molar-refractivity contribution < 1.29 is 23.7 Å². The van der Waals surface area contributed by atoms with Gasteiger partial charge in [0.15, 0.2) is 11.5 Å². The summed E-state index contributed by atoms with van der Waals surface area (Å²) in [4.78, 5) is 12.4. The Labute approximate surface area is 152 Å². The van der Waals surface area contributed by atoms with Gasteiger partial charge < -0.3 is 18.9 Å². The van der Waals surface area contributed by atoms with Crippen molar-refractivity contribution in [2.45, 2.75) is 6.92 Å². The van der Waals surface area contributed by atoms with Gasteiger partial charge in [0.25, 0.3) is 5.91 Å². The van der Waals surface area contributed by atoms with Crippen molar-refractivity contribution in [2.24, 2.45) is 5.10 Å². The quantitative estimate of drug-likeness (QED) is 0.608. The van der Waals surface area contributed by atoms with Crippen LogP contribution < -0.4 is 24.4 Å². The molecule has 2 rings (SSSR count). The summed E-state index contributed by atoms with van der Waals surface area (Å²) in [5.41, 5.74) is 4.35. The number of hydrogen-bond donors (Lipinski definition) is 1. The molecule has 2 aromatic carbocycles. The summed E-state index contributed by atoms with van der Waals surface area (Å²) in [6.07, 6.45) is 0. The van der Waals surface area contributed by atoms with Crippen LogP contribution >= 0.6 is 0 Å². The highest BCUT2D eigenvalue weighted by atomic mass is 16.5. The summed E-state index contributed by atoms with van der Waals surface area (Å²) < 4.78 is 21.0. The van der Waals surface area contributed by atoms with Gasteiger partial charge in [-0.25, -0.2) is 5.43 Å². The summed E-state index contributed by atoms with van der Waals surface area (Å²) in [5.74, 6) is 1.53. The summed E-state index contributed by atoms with van der Waals surface area (Å²) in [5, 5.41) is 4.15. The Hall–Kier alpha value is -3.22. The number of amides is 1. The number of methoxy groups -OCH3 is 4. The fraction of sp³-hybridized carbons (Fsp3) is 0.263. The molecule has 2 aromatic rings. The second-order valence-corrected chi connectivity index (χ2v) is 5.28. The molecule has 7 heteroatoms. The van der Waals surface area contributed by atoms with Gasteiger partial charge in [-0.05, 0) is 31.2 Å². The van der Waals surface area contributed by atoms with Crippen molar-refractivity contribution in [2.75, 3.05) is 28.4 Å². The number of hydrogen-bond acceptors (Lipinski definition) is 6. The zero-order chi connectivity index (χ0) is 19.1. The van der Waals surface area contributed by atoms with E-state index in [2.05, 4.69) is 10.5 Å². The van der Waals surface area contributed by atoms with Gasteiger partial charge in [0.1, 0.15) is 5.75 Å². The van der Waals surface area contributed by atoms with Gasteiger partial charge in [0.05, 0.1) is 34.2 Å². The Morgan fingerprint density at radius 1 is 0.885 bits per heavy atom. The van der Waals surface area contributed by atoms with Crippen LogP contribution in [-0.2, 0) is 0 Å². The fourth-order valence-corrected chi connectivity index (χ4v) is 2.32.